The maximum Gasteiger partial charge on any atom is 0.251 e. The minimum Gasteiger partial charge on any atom is -0.344 e. The van der Waals surface area contributed by atoms with Gasteiger partial charge in [-0.3, -0.25) is 9.59 Å². The van der Waals surface area contributed by atoms with E-state index in [-0.39, 0.29) is 18.4 Å². The Morgan fingerprint density at radius 2 is 2.05 bits per heavy atom. The molecule has 1 N–H and O–H groups in total. The molecule has 5 heteroatoms. The summed E-state index contributed by atoms with van der Waals surface area (Å²) in [5.74, 6) is 0.0828. The second-order valence-corrected chi connectivity index (χ2v) is 5.78. The molecular weight excluding hydrogens is 308 g/mol. The van der Waals surface area contributed by atoms with Gasteiger partial charge in [0.15, 0.2) is 0 Å². The molecule has 2 amide bonds. The summed E-state index contributed by atoms with van der Waals surface area (Å²) in [6, 6.07) is 7.06. The van der Waals surface area contributed by atoms with Gasteiger partial charge in [-0.25, -0.2) is 0 Å². The van der Waals surface area contributed by atoms with Gasteiger partial charge in [-0.1, -0.05) is 35.8 Å². The van der Waals surface area contributed by atoms with Crippen LogP contribution in [-0.4, -0.2) is 36.9 Å². The number of likely N-dealkylation sites (N-methyl/N-ethyl adjacent to an activating group) is 1. The van der Waals surface area contributed by atoms with Crippen LogP contribution in [0.5, 0.6) is 0 Å². The molecule has 104 valence electrons. The minimum absolute atomic E-state index is 0.0224. The molecule has 1 aromatic rings. The zero-order valence-corrected chi connectivity index (χ0v) is 13.0. The van der Waals surface area contributed by atoms with Crippen molar-refractivity contribution in [2.75, 3.05) is 20.1 Å². The molecule has 0 aliphatic carbocycles. The van der Waals surface area contributed by atoms with Gasteiger partial charge in [0.1, 0.15) is 0 Å². The number of nitrogens with one attached hydrogen (secondary N) is 1. The quantitative estimate of drug-likeness (QED) is 0.902. The summed E-state index contributed by atoms with van der Waals surface area (Å²) in [6.45, 7) is 4.80. The van der Waals surface area contributed by atoms with Crippen LogP contribution in [0.2, 0.25) is 0 Å². The number of rotatable bonds is 5. The molecule has 0 unspecified atom stereocenters. The fourth-order valence-corrected chi connectivity index (χ4v) is 2.07. The number of carbonyl (C=O) groups excluding carboxylic acids is 2. The standard InChI is InChI=1S/C14H19BrN2O2/c1-10(2)9-17(3)13(18)8-16-14(19)11-5-4-6-12(15)7-11/h4-7,10H,8-9H2,1-3H3,(H,16,19). The highest BCUT2D eigenvalue weighted by molar-refractivity contribution is 9.10. The normalized spacial score (nSPS) is 10.4. The van der Waals surface area contributed by atoms with E-state index < -0.39 is 0 Å². The van der Waals surface area contributed by atoms with E-state index >= 15 is 0 Å². The average Bonchev–Trinajstić information content (AvgIpc) is 2.34. The van der Waals surface area contributed by atoms with Crippen molar-refractivity contribution in [3.63, 3.8) is 0 Å². The smallest absolute Gasteiger partial charge is 0.251 e. The zero-order valence-electron chi connectivity index (χ0n) is 11.4. The SMILES string of the molecule is CC(C)CN(C)C(=O)CNC(=O)c1cccc(Br)c1. The highest BCUT2D eigenvalue weighted by Crippen LogP contribution is 2.11. The lowest BCUT2D eigenvalue weighted by atomic mass is 10.2. The first-order valence-electron chi connectivity index (χ1n) is 6.18. The average molecular weight is 327 g/mol. The Morgan fingerprint density at radius 3 is 2.63 bits per heavy atom. The Hall–Kier alpha value is -1.36. The van der Waals surface area contributed by atoms with Gasteiger partial charge in [0, 0.05) is 23.6 Å². The predicted molar refractivity (Wildman–Crippen MR) is 79.0 cm³/mol. The first-order chi connectivity index (χ1) is 8.90. The van der Waals surface area contributed by atoms with Gasteiger partial charge in [0.05, 0.1) is 6.54 Å². The number of nitrogens with zero attached hydrogens (tertiary/aromatic N) is 1. The van der Waals surface area contributed by atoms with E-state index in [4.69, 9.17) is 0 Å². The van der Waals surface area contributed by atoms with Crippen molar-refractivity contribution in [3.05, 3.63) is 34.3 Å². The molecule has 0 aliphatic rings. The van der Waals surface area contributed by atoms with Gasteiger partial charge < -0.3 is 10.2 Å². The van der Waals surface area contributed by atoms with E-state index in [1.807, 2.05) is 19.9 Å². The van der Waals surface area contributed by atoms with E-state index in [0.717, 1.165) is 4.47 Å². The molecule has 0 saturated heterocycles. The number of benzene rings is 1. The molecule has 0 fully saturated rings. The van der Waals surface area contributed by atoms with Crippen LogP contribution in [0.1, 0.15) is 24.2 Å². The zero-order chi connectivity index (χ0) is 14.4. The number of carbonyl (C=O) groups is 2. The van der Waals surface area contributed by atoms with Crippen molar-refractivity contribution in [1.29, 1.82) is 0 Å². The molecule has 1 aromatic carbocycles. The lowest BCUT2D eigenvalue weighted by Crippen LogP contribution is -2.39. The molecule has 0 radical (unpaired) electrons. The van der Waals surface area contributed by atoms with Crippen molar-refractivity contribution in [2.24, 2.45) is 5.92 Å². The van der Waals surface area contributed by atoms with Crippen LogP contribution in [-0.2, 0) is 4.79 Å². The number of hydrogen-bond donors (Lipinski definition) is 1. The van der Waals surface area contributed by atoms with E-state index in [2.05, 4.69) is 21.2 Å². The van der Waals surface area contributed by atoms with Crippen LogP contribution in [0.15, 0.2) is 28.7 Å². The van der Waals surface area contributed by atoms with E-state index in [1.54, 1.807) is 30.1 Å². The molecule has 0 aliphatic heterocycles. The highest BCUT2D eigenvalue weighted by atomic mass is 79.9. The largest absolute Gasteiger partial charge is 0.344 e. The van der Waals surface area contributed by atoms with Crippen LogP contribution < -0.4 is 5.32 Å². The summed E-state index contributed by atoms with van der Waals surface area (Å²) >= 11 is 3.31. The van der Waals surface area contributed by atoms with E-state index in [1.165, 1.54) is 0 Å². The van der Waals surface area contributed by atoms with Crippen molar-refractivity contribution in [2.45, 2.75) is 13.8 Å². The van der Waals surface area contributed by atoms with E-state index in [0.29, 0.717) is 18.0 Å². The molecule has 0 heterocycles. The molecule has 1 rings (SSSR count). The van der Waals surface area contributed by atoms with Gasteiger partial charge in [-0.05, 0) is 24.1 Å². The molecule has 4 nitrogen and oxygen atoms in total. The Kier molecular flexibility index (Phi) is 6.02. The molecule has 0 spiro atoms. The minimum atomic E-state index is -0.243. The number of amides is 2. The van der Waals surface area contributed by atoms with Crippen LogP contribution in [0, 0.1) is 5.92 Å². The van der Waals surface area contributed by atoms with E-state index in [9.17, 15) is 9.59 Å². The van der Waals surface area contributed by atoms with Crippen LogP contribution in [0.4, 0.5) is 0 Å². The molecule has 0 saturated carbocycles. The van der Waals surface area contributed by atoms with Crippen molar-refractivity contribution in [1.82, 2.24) is 10.2 Å². The maximum absolute atomic E-state index is 11.8. The Labute approximate surface area is 122 Å². The van der Waals surface area contributed by atoms with Gasteiger partial charge in [0.25, 0.3) is 5.91 Å². The summed E-state index contributed by atoms with van der Waals surface area (Å²) in [5, 5.41) is 2.63. The predicted octanol–water partition coefficient (Wildman–Crippen LogP) is 2.29. The Bertz CT molecular complexity index is 461. The third kappa shape index (κ3) is 5.42. The van der Waals surface area contributed by atoms with Gasteiger partial charge in [-0.15, -0.1) is 0 Å². The Morgan fingerprint density at radius 1 is 1.37 bits per heavy atom. The topological polar surface area (TPSA) is 49.4 Å². The molecule has 0 atom stereocenters. The third-order valence-corrected chi connectivity index (χ3v) is 3.04. The summed E-state index contributed by atoms with van der Waals surface area (Å²) in [5.41, 5.74) is 0.536. The summed E-state index contributed by atoms with van der Waals surface area (Å²) in [7, 11) is 1.74. The Balaban J connectivity index is 2.48. The molecule has 0 bridgehead atoms. The fourth-order valence-electron chi connectivity index (χ4n) is 1.67. The fraction of sp³-hybridized carbons (Fsp3) is 0.429. The summed E-state index contributed by atoms with van der Waals surface area (Å²) in [4.78, 5) is 25.3. The third-order valence-electron chi connectivity index (χ3n) is 2.55. The summed E-state index contributed by atoms with van der Waals surface area (Å²) in [6.07, 6.45) is 0. The van der Waals surface area contributed by atoms with Gasteiger partial charge in [0.2, 0.25) is 5.91 Å². The maximum atomic E-state index is 11.8. The van der Waals surface area contributed by atoms with Crippen molar-refractivity contribution < 1.29 is 9.59 Å². The number of hydrogen-bond acceptors (Lipinski definition) is 2. The first kappa shape index (κ1) is 15.7. The molecule has 19 heavy (non-hydrogen) atoms. The molecular formula is C14H19BrN2O2. The second kappa shape index (κ2) is 7.28. The second-order valence-electron chi connectivity index (χ2n) is 4.86. The number of halogens is 1. The van der Waals surface area contributed by atoms with Crippen molar-refractivity contribution in [3.8, 4) is 0 Å². The first-order valence-corrected chi connectivity index (χ1v) is 6.97. The van der Waals surface area contributed by atoms with Crippen LogP contribution >= 0.6 is 15.9 Å². The lowest BCUT2D eigenvalue weighted by molar-refractivity contribution is -0.129. The van der Waals surface area contributed by atoms with Gasteiger partial charge in [-0.2, -0.15) is 0 Å². The summed E-state index contributed by atoms with van der Waals surface area (Å²) < 4.78 is 0.836. The van der Waals surface area contributed by atoms with Crippen LogP contribution in [0.25, 0.3) is 0 Å². The van der Waals surface area contributed by atoms with Crippen LogP contribution in [0.3, 0.4) is 0 Å². The monoisotopic (exact) mass is 326 g/mol. The van der Waals surface area contributed by atoms with Gasteiger partial charge >= 0.3 is 0 Å². The van der Waals surface area contributed by atoms with Crippen molar-refractivity contribution >= 4 is 27.7 Å². The molecule has 0 aromatic heterocycles. The highest BCUT2D eigenvalue weighted by Gasteiger charge is 2.12. The lowest BCUT2D eigenvalue weighted by Gasteiger charge is -2.19.